The molecular weight excluding hydrogens is 208 g/mol. The van der Waals surface area contributed by atoms with E-state index in [4.69, 9.17) is 10.6 Å². The Morgan fingerprint density at radius 2 is 2.44 bits per heavy atom. The number of hydrazine groups is 1. The molecule has 1 amide bonds. The lowest BCUT2D eigenvalue weighted by Gasteiger charge is -2.10. The number of carbonyl (C=O) groups is 1. The van der Waals surface area contributed by atoms with Crippen molar-refractivity contribution in [3.8, 4) is 0 Å². The summed E-state index contributed by atoms with van der Waals surface area (Å²) in [7, 11) is 0. The van der Waals surface area contributed by atoms with E-state index < -0.39 is 0 Å². The van der Waals surface area contributed by atoms with Gasteiger partial charge in [0.05, 0.1) is 12.6 Å². The monoisotopic (exact) mass is 222 g/mol. The van der Waals surface area contributed by atoms with E-state index in [1.165, 1.54) is 0 Å². The molecule has 0 radical (unpaired) electrons. The SMILES string of the molecule is NNc1cccc(C(=O)NC2CCOC2)n1. The summed E-state index contributed by atoms with van der Waals surface area (Å²) in [5.41, 5.74) is 2.75. The van der Waals surface area contributed by atoms with E-state index in [-0.39, 0.29) is 11.9 Å². The van der Waals surface area contributed by atoms with E-state index in [1.807, 2.05) is 0 Å². The second-order valence-corrected chi connectivity index (χ2v) is 3.59. The number of nitrogens with zero attached hydrogens (tertiary/aromatic N) is 1. The minimum Gasteiger partial charge on any atom is -0.379 e. The van der Waals surface area contributed by atoms with Crippen LogP contribution in [0.3, 0.4) is 0 Å². The second kappa shape index (κ2) is 4.91. The fourth-order valence-corrected chi connectivity index (χ4v) is 1.55. The molecule has 0 spiro atoms. The van der Waals surface area contributed by atoms with Crippen LogP contribution in [0.5, 0.6) is 0 Å². The van der Waals surface area contributed by atoms with Crippen LogP contribution in [0.1, 0.15) is 16.9 Å². The number of nitrogens with two attached hydrogens (primary N) is 1. The van der Waals surface area contributed by atoms with Crippen molar-refractivity contribution in [1.29, 1.82) is 0 Å². The molecule has 86 valence electrons. The van der Waals surface area contributed by atoms with Crippen molar-refractivity contribution in [2.24, 2.45) is 5.84 Å². The fraction of sp³-hybridized carbons (Fsp3) is 0.400. The summed E-state index contributed by atoms with van der Waals surface area (Å²) in [5.74, 6) is 5.48. The van der Waals surface area contributed by atoms with Crippen LogP contribution in [0.4, 0.5) is 5.82 Å². The summed E-state index contributed by atoms with van der Waals surface area (Å²) in [4.78, 5) is 15.8. The lowest BCUT2D eigenvalue weighted by atomic mass is 10.2. The first-order valence-electron chi connectivity index (χ1n) is 5.12. The largest absolute Gasteiger partial charge is 0.379 e. The first kappa shape index (κ1) is 10.8. The first-order chi connectivity index (χ1) is 7.79. The number of pyridine rings is 1. The predicted octanol–water partition coefficient (Wildman–Crippen LogP) is -0.114. The normalized spacial score (nSPS) is 19.4. The standard InChI is InChI=1S/C10H14N4O2/c11-14-9-3-1-2-8(13-9)10(15)12-7-4-5-16-6-7/h1-3,7H,4-6,11H2,(H,12,15)(H,13,14). The molecule has 6 nitrogen and oxygen atoms in total. The Kier molecular flexibility index (Phi) is 3.33. The van der Waals surface area contributed by atoms with E-state index in [1.54, 1.807) is 18.2 Å². The summed E-state index contributed by atoms with van der Waals surface area (Å²) >= 11 is 0. The summed E-state index contributed by atoms with van der Waals surface area (Å²) in [6.45, 7) is 1.27. The van der Waals surface area contributed by atoms with Crippen molar-refractivity contribution in [2.45, 2.75) is 12.5 Å². The molecule has 2 rings (SSSR count). The van der Waals surface area contributed by atoms with Gasteiger partial charge in [-0.3, -0.25) is 4.79 Å². The number of anilines is 1. The molecule has 0 aromatic carbocycles. The number of nitrogen functional groups attached to an aromatic ring is 1. The molecule has 0 saturated carbocycles. The van der Waals surface area contributed by atoms with Crippen LogP contribution in [0, 0.1) is 0 Å². The zero-order valence-electron chi connectivity index (χ0n) is 8.77. The molecule has 1 aliphatic rings. The minimum atomic E-state index is -0.201. The molecule has 2 heterocycles. The van der Waals surface area contributed by atoms with Gasteiger partial charge in [-0.15, -0.1) is 0 Å². The zero-order valence-corrected chi connectivity index (χ0v) is 8.77. The van der Waals surface area contributed by atoms with Crippen molar-refractivity contribution < 1.29 is 9.53 Å². The number of amides is 1. The van der Waals surface area contributed by atoms with Gasteiger partial charge in [0.2, 0.25) is 0 Å². The van der Waals surface area contributed by atoms with Gasteiger partial charge in [0, 0.05) is 6.61 Å². The zero-order chi connectivity index (χ0) is 11.4. The Morgan fingerprint density at radius 1 is 1.56 bits per heavy atom. The van der Waals surface area contributed by atoms with Crippen LogP contribution in [0.2, 0.25) is 0 Å². The summed E-state index contributed by atoms with van der Waals surface area (Å²) < 4.78 is 5.17. The van der Waals surface area contributed by atoms with E-state index in [0.29, 0.717) is 24.7 Å². The van der Waals surface area contributed by atoms with Crippen LogP contribution in [0.25, 0.3) is 0 Å². The van der Waals surface area contributed by atoms with Crippen LogP contribution in [-0.2, 0) is 4.74 Å². The van der Waals surface area contributed by atoms with Gasteiger partial charge in [-0.2, -0.15) is 0 Å². The Morgan fingerprint density at radius 3 is 3.12 bits per heavy atom. The van der Waals surface area contributed by atoms with Gasteiger partial charge in [0.15, 0.2) is 0 Å². The molecule has 1 atom stereocenters. The van der Waals surface area contributed by atoms with Crippen molar-refractivity contribution in [3.63, 3.8) is 0 Å². The molecule has 1 aromatic rings. The number of carbonyl (C=O) groups excluding carboxylic acids is 1. The smallest absolute Gasteiger partial charge is 0.270 e. The van der Waals surface area contributed by atoms with E-state index in [9.17, 15) is 4.79 Å². The van der Waals surface area contributed by atoms with Gasteiger partial charge in [0.25, 0.3) is 5.91 Å². The molecule has 1 aliphatic heterocycles. The molecule has 1 saturated heterocycles. The van der Waals surface area contributed by atoms with Crippen molar-refractivity contribution in [3.05, 3.63) is 23.9 Å². The third-order valence-electron chi connectivity index (χ3n) is 2.39. The van der Waals surface area contributed by atoms with Gasteiger partial charge in [-0.05, 0) is 18.6 Å². The van der Waals surface area contributed by atoms with Gasteiger partial charge in [0.1, 0.15) is 11.5 Å². The lowest BCUT2D eigenvalue weighted by Crippen LogP contribution is -2.35. The maximum atomic E-state index is 11.8. The van der Waals surface area contributed by atoms with Gasteiger partial charge >= 0.3 is 0 Å². The van der Waals surface area contributed by atoms with E-state index >= 15 is 0 Å². The molecule has 0 bridgehead atoms. The number of hydrogen-bond acceptors (Lipinski definition) is 5. The Bertz CT molecular complexity index is 377. The maximum Gasteiger partial charge on any atom is 0.270 e. The highest BCUT2D eigenvalue weighted by Gasteiger charge is 2.19. The number of rotatable bonds is 3. The average molecular weight is 222 g/mol. The van der Waals surface area contributed by atoms with Crippen LogP contribution < -0.4 is 16.6 Å². The van der Waals surface area contributed by atoms with Crippen LogP contribution in [0.15, 0.2) is 18.2 Å². The average Bonchev–Trinajstić information content (AvgIpc) is 2.82. The van der Waals surface area contributed by atoms with Crippen molar-refractivity contribution in [2.75, 3.05) is 18.6 Å². The number of ether oxygens (including phenoxy) is 1. The van der Waals surface area contributed by atoms with Gasteiger partial charge in [-0.25, -0.2) is 10.8 Å². The number of hydrogen-bond donors (Lipinski definition) is 3. The quantitative estimate of drug-likeness (QED) is 0.490. The summed E-state index contributed by atoms with van der Waals surface area (Å²) in [5, 5.41) is 2.85. The summed E-state index contributed by atoms with van der Waals surface area (Å²) in [6, 6.07) is 5.15. The Balaban J connectivity index is 2.01. The number of nitrogens with one attached hydrogen (secondary N) is 2. The third-order valence-corrected chi connectivity index (χ3v) is 2.39. The fourth-order valence-electron chi connectivity index (χ4n) is 1.55. The van der Waals surface area contributed by atoms with E-state index in [0.717, 1.165) is 6.42 Å². The van der Waals surface area contributed by atoms with Gasteiger partial charge < -0.3 is 15.5 Å². The lowest BCUT2D eigenvalue weighted by molar-refractivity contribution is 0.0925. The highest BCUT2D eigenvalue weighted by Crippen LogP contribution is 2.06. The third kappa shape index (κ3) is 2.47. The first-order valence-corrected chi connectivity index (χ1v) is 5.12. The Hall–Kier alpha value is -1.66. The highest BCUT2D eigenvalue weighted by atomic mass is 16.5. The molecule has 1 unspecified atom stereocenters. The highest BCUT2D eigenvalue weighted by molar-refractivity contribution is 5.92. The second-order valence-electron chi connectivity index (χ2n) is 3.59. The molecule has 6 heteroatoms. The Labute approximate surface area is 93.2 Å². The van der Waals surface area contributed by atoms with Crippen molar-refractivity contribution >= 4 is 11.7 Å². The van der Waals surface area contributed by atoms with Crippen LogP contribution in [-0.4, -0.2) is 30.1 Å². The number of aromatic nitrogens is 1. The molecule has 1 fully saturated rings. The van der Waals surface area contributed by atoms with Crippen LogP contribution >= 0.6 is 0 Å². The van der Waals surface area contributed by atoms with Gasteiger partial charge in [-0.1, -0.05) is 6.07 Å². The van der Waals surface area contributed by atoms with Crippen molar-refractivity contribution in [1.82, 2.24) is 10.3 Å². The maximum absolute atomic E-state index is 11.8. The molecular formula is C10H14N4O2. The van der Waals surface area contributed by atoms with E-state index in [2.05, 4.69) is 15.7 Å². The molecule has 0 aliphatic carbocycles. The summed E-state index contributed by atoms with van der Waals surface area (Å²) in [6.07, 6.45) is 0.848. The minimum absolute atomic E-state index is 0.0868. The molecule has 1 aromatic heterocycles. The predicted molar refractivity (Wildman–Crippen MR) is 58.7 cm³/mol. The topological polar surface area (TPSA) is 89.3 Å². The molecule has 4 N–H and O–H groups in total. The molecule has 16 heavy (non-hydrogen) atoms.